The Morgan fingerprint density at radius 1 is 0.630 bits per heavy atom. The van der Waals surface area contributed by atoms with Gasteiger partial charge in [-0.25, -0.2) is 0 Å². The fraction of sp³-hybridized carbons (Fsp3) is 0.0769. The van der Waals surface area contributed by atoms with Gasteiger partial charge in [-0.1, -0.05) is 72.8 Å². The molecule has 0 heterocycles. The van der Waals surface area contributed by atoms with Crippen molar-refractivity contribution in [2.75, 3.05) is 4.90 Å². The molecule has 0 aliphatic rings. The van der Waals surface area contributed by atoms with E-state index in [4.69, 9.17) is 0 Å². The lowest BCUT2D eigenvalue weighted by Crippen LogP contribution is -2.15. The minimum Gasteiger partial charge on any atom is -0.311 e. The quantitative estimate of drug-likeness (QED) is 0.343. The largest absolute Gasteiger partial charge is 0.311 e. The van der Waals surface area contributed by atoms with Crippen LogP contribution in [0.2, 0.25) is 0 Å². The maximum atomic E-state index is 2.32. The summed E-state index contributed by atoms with van der Waals surface area (Å²) in [5.74, 6) is 0. The molecule has 4 aromatic carbocycles. The van der Waals surface area contributed by atoms with Crippen LogP contribution < -0.4 is 4.90 Å². The summed E-state index contributed by atoms with van der Waals surface area (Å²) in [6.45, 7) is 4.15. The smallest absolute Gasteiger partial charge is 0.0467 e. The first kappa shape index (κ1) is 17.1. The monoisotopic (exact) mass is 349 g/mol. The van der Waals surface area contributed by atoms with Gasteiger partial charge in [0.25, 0.3) is 0 Å². The van der Waals surface area contributed by atoms with Gasteiger partial charge < -0.3 is 4.90 Å². The van der Waals surface area contributed by atoms with Crippen LogP contribution in [0.3, 0.4) is 0 Å². The zero-order valence-corrected chi connectivity index (χ0v) is 15.8. The second-order valence-electron chi connectivity index (χ2n) is 6.61. The van der Waals surface area contributed by atoms with Crippen LogP contribution in [0.1, 0.15) is 13.8 Å². The van der Waals surface area contributed by atoms with E-state index in [0.717, 1.165) is 17.1 Å². The Bertz CT molecular complexity index is 1070. The van der Waals surface area contributed by atoms with E-state index in [1.165, 1.54) is 21.5 Å². The molecule has 0 spiro atoms. The summed E-state index contributed by atoms with van der Waals surface area (Å²) in [5, 5.41) is 5.01. The first-order valence-electron chi connectivity index (χ1n) is 9.37. The molecule has 0 saturated carbocycles. The lowest BCUT2D eigenvalue weighted by Gasteiger charge is -2.27. The molecule has 1 heteroatoms. The fourth-order valence-electron chi connectivity index (χ4n) is 3.55. The van der Waals surface area contributed by atoms with E-state index in [0.29, 0.717) is 0 Å². The summed E-state index contributed by atoms with van der Waals surface area (Å²) >= 11 is 0. The summed E-state index contributed by atoms with van der Waals surface area (Å²) in [6.07, 6.45) is 6.40. The molecule has 0 bridgehead atoms. The van der Waals surface area contributed by atoms with E-state index >= 15 is 0 Å². The fourth-order valence-corrected chi connectivity index (χ4v) is 3.55. The molecular weight excluding hydrogens is 326 g/mol. The van der Waals surface area contributed by atoms with Crippen LogP contribution in [0.15, 0.2) is 109 Å². The summed E-state index contributed by atoms with van der Waals surface area (Å²) in [6, 6.07) is 30.3. The number of anilines is 2. The molecule has 0 amide bonds. The van der Waals surface area contributed by atoms with Crippen LogP contribution >= 0.6 is 0 Å². The molecule has 0 unspecified atom stereocenters. The molecule has 0 saturated heterocycles. The topological polar surface area (TPSA) is 3.24 Å². The molecule has 0 fully saturated rings. The third-order valence-corrected chi connectivity index (χ3v) is 4.87. The highest BCUT2D eigenvalue weighted by atomic mass is 15.1. The van der Waals surface area contributed by atoms with Gasteiger partial charge in [-0.05, 0) is 65.7 Å². The Morgan fingerprint density at radius 2 is 1.11 bits per heavy atom. The number of allylic oxidation sites excluding steroid dienone is 3. The molecule has 0 aromatic heterocycles. The van der Waals surface area contributed by atoms with Crippen LogP contribution in [0.25, 0.3) is 21.5 Å². The van der Waals surface area contributed by atoms with Crippen LogP contribution in [0.5, 0.6) is 0 Å². The standard InChI is InChI=1S/C26H23N/c1-3-9-24(4-2)27(25-16-14-20-10-5-7-12-22(20)18-25)26-17-15-21-11-6-8-13-23(21)19-26/h3-19H,1-2H3/b9-3-,24-4+. The number of hydrogen-bond donors (Lipinski definition) is 0. The Balaban J connectivity index is 1.91. The molecule has 0 radical (unpaired) electrons. The molecule has 4 rings (SSSR count). The third-order valence-electron chi connectivity index (χ3n) is 4.87. The molecular formula is C26H23N. The molecule has 1 nitrogen and oxygen atoms in total. The van der Waals surface area contributed by atoms with Crippen molar-refractivity contribution in [1.82, 2.24) is 0 Å². The minimum absolute atomic E-state index is 1.16. The number of hydrogen-bond acceptors (Lipinski definition) is 1. The molecule has 0 aliphatic heterocycles. The van der Waals surface area contributed by atoms with Crippen molar-refractivity contribution in [3.05, 3.63) is 109 Å². The Kier molecular flexibility index (Phi) is 4.76. The van der Waals surface area contributed by atoms with Crippen molar-refractivity contribution >= 4 is 32.9 Å². The first-order valence-corrected chi connectivity index (χ1v) is 9.37. The van der Waals surface area contributed by atoms with E-state index in [1.54, 1.807) is 0 Å². The zero-order valence-electron chi connectivity index (χ0n) is 15.8. The normalized spacial score (nSPS) is 12.1. The average molecular weight is 349 g/mol. The maximum absolute atomic E-state index is 2.32. The van der Waals surface area contributed by atoms with Crippen molar-refractivity contribution in [2.24, 2.45) is 0 Å². The van der Waals surface area contributed by atoms with Crippen LogP contribution in [-0.4, -0.2) is 0 Å². The highest BCUT2D eigenvalue weighted by Gasteiger charge is 2.13. The Labute approximate surface area is 160 Å². The van der Waals surface area contributed by atoms with Crippen LogP contribution in [-0.2, 0) is 0 Å². The van der Waals surface area contributed by atoms with Gasteiger partial charge in [-0.2, -0.15) is 0 Å². The van der Waals surface area contributed by atoms with Crippen molar-refractivity contribution in [2.45, 2.75) is 13.8 Å². The van der Waals surface area contributed by atoms with E-state index < -0.39 is 0 Å². The molecule has 132 valence electrons. The number of nitrogens with zero attached hydrogens (tertiary/aromatic N) is 1. The van der Waals surface area contributed by atoms with E-state index in [2.05, 4.69) is 122 Å². The van der Waals surface area contributed by atoms with Gasteiger partial charge >= 0.3 is 0 Å². The van der Waals surface area contributed by atoms with E-state index in [-0.39, 0.29) is 0 Å². The van der Waals surface area contributed by atoms with Crippen molar-refractivity contribution in [1.29, 1.82) is 0 Å². The second kappa shape index (κ2) is 7.51. The number of benzene rings is 4. The predicted octanol–water partition coefficient (Wildman–Crippen LogP) is 7.61. The predicted molar refractivity (Wildman–Crippen MR) is 119 cm³/mol. The molecule has 0 N–H and O–H groups in total. The van der Waals surface area contributed by atoms with E-state index in [1.807, 2.05) is 0 Å². The van der Waals surface area contributed by atoms with Gasteiger partial charge in [0.1, 0.15) is 0 Å². The summed E-state index contributed by atoms with van der Waals surface area (Å²) in [5.41, 5.74) is 3.48. The van der Waals surface area contributed by atoms with Gasteiger partial charge in [-0.15, -0.1) is 0 Å². The summed E-state index contributed by atoms with van der Waals surface area (Å²) in [7, 11) is 0. The second-order valence-corrected chi connectivity index (χ2v) is 6.61. The molecule has 4 aromatic rings. The van der Waals surface area contributed by atoms with Gasteiger partial charge in [-0.3, -0.25) is 0 Å². The van der Waals surface area contributed by atoms with Crippen molar-refractivity contribution < 1.29 is 0 Å². The lowest BCUT2D eigenvalue weighted by atomic mass is 10.1. The molecule has 0 aliphatic carbocycles. The van der Waals surface area contributed by atoms with Gasteiger partial charge in [0, 0.05) is 17.1 Å². The minimum atomic E-state index is 1.16. The SMILES string of the molecule is C/C=C\C(=C/C)N(c1ccc2ccccc2c1)c1ccc2ccccc2c1. The van der Waals surface area contributed by atoms with Crippen LogP contribution in [0, 0.1) is 0 Å². The Hall–Kier alpha value is -3.32. The Morgan fingerprint density at radius 3 is 1.56 bits per heavy atom. The molecule has 27 heavy (non-hydrogen) atoms. The van der Waals surface area contributed by atoms with E-state index in [9.17, 15) is 0 Å². The third kappa shape index (κ3) is 3.37. The maximum Gasteiger partial charge on any atom is 0.0467 e. The van der Waals surface area contributed by atoms with Crippen LogP contribution in [0.4, 0.5) is 11.4 Å². The van der Waals surface area contributed by atoms with Gasteiger partial charge in [0.05, 0.1) is 0 Å². The zero-order chi connectivity index (χ0) is 18.6. The van der Waals surface area contributed by atoms with Gasteiger partial charge in [0.2, 0.25) is 0 Å². The first-order chi connectivity index (χ1) is 13.3. The summed E-state index contributed by atoms with van der Waals surface area (Å²) in [4.78, 5) is 2.32. The van der Waals surface area contributed by atoms with Crippen molar-refractivity contribution in [3.8, 4) is 0 Å². The number of rotatable bonds is 4. The number of fused-ring (bicyclic) bond motifs is 2. The average Bonchev–Trinajstić information content (AvgIpc) is 2.73. The molecule has 0 atom stereocenters. The highest BCUT2D eigenvalue weighted by molar-refractivity contribution is 5.91. The van der Waals surface area contributed by atoms with Crippen molar-refractivity contribution in [3.63, 3.8) is 0 Å². The highest BCUT2D eigenvalue weighted by Crippen LogP contribution is 2.34. The summed E-state index contributed by atoms with van der Waals surface area (Å²) < 4.78 is 0. The van der Waals surface area contributed by atoms with Gasteiger partial charge in [0.15, 0.2) is 0 Å². The lowest BCUT2D eigenvalue weighted by molar-refractivity contribution is 1.20.